The van der Waals surface area contributed by atoms with Crippen LogP contribution >= 0.6 is 0 Å². The minimum atomic E-state index is -0.783. The molecule has 2 saturated heterocycles. The van der Waals surface area contributed by atoms with Gasteiger partial charge in [-0.05, 0) is 11.1 Å². The Bertz CT molecular complexity index is 1420. The van der Waals surface area contributed by atoms with Crippen molar-refractivity contribution in [2.75, 3.05) is 26.7 Å². The average molecular weight is 540 g/mol. The van der Waals surface area contributed by atoms with Gasteiger partial charge in [0.1, 0.15) is 18.0 Å². The topological polar surface area (TPSA) is 85.4 Å². The number of ether oxygens (including phenoxy) is 1. The summed E-state index contributed by atoms with van der Waals surface area (Å²) in [5.41, 5.74) is 3.82. The van der Waals surface area contributed by atoms with E-state index >= 15 is 0 Å². The summed E-state index contributed by atoms with van der Waals surface area (Å²) in [6, 6.07) is 24.0. The van der Waals surface area contributed by atoms with Crippen molar-refractivity contribution in [3.05, 3.63) is 101 Å². The monoisotopic (exact) mass is 539 g/mol. The molecule has 3 aromatic rings. The Balaban J connectivity index is 1.28. The predicted molar refractivity (Wildman–Crippen MR) is 149 cm³/mol. The number of hydrazine groups is 1. The number of para-hydroxylation sites is 1. The van der Waals surface area contributed by atoms with Crippen LogP contribution in [0.15, 0.2) is 78.9 Å². The van der Waals surface area contributed by atoms with E-state index in [9.17, 15) is 14.4 Å². The molecule has 206 valence electrons. The van der Waals surface area contributed by atoms with E-state index < -0.39 is 12.2 Å². The maximum atomic E-state index is 14.0. The van der Waals surface area contributed by atoms with Crippen molar-refractivity contribution in [1.82, 2.24) is 25.1 Å². The van der Waals surface area contributed by atoms with E-state index in [1.165, 1.54) is 5.01 Å². The van der Waals surface area contributed by atoms with Crippen LogP contribution < -0.4 is 10.1 Å². The minimum absolute atomic E-state index is 0.00569. The molecule has 0 spiro atoms. The fourth-order valence-corrected chi connectivity index (χ4v) is 5.90. The smallest absolute Gasteiger partial charge is 0.332 e. The van der Waals surface area contributed by atoms with Gasteiger partial charge in [-0.3, -0.25) is 14.6 Å². The van der Waals surface area contributed by atoms with Crippen molar-refractivity contribution in [2.45, 2.75) is 38.1 Å². The van der Waals surface area contributed by atoms with E-state index in [-0.39, 0.29) is 30.9 Å². The highest BCUT2D eigenvalue weighted by atomic mass is 16.5. The number of benzene rings is 3. The Labute approximate surface area is 233 Å². The summed E-state index contributed by atoms with van der Waals surface area (Å²) in [5.74, 6) is 0.814. The van der Waals surface area contributed by atoms with Crippen LogP contribution in [0.2, 0.25) is 0 Å². The molecule has 40 heavy (non-hydrogen) atoms. The Kier molecular flexibility index (Phi) is 6.89. The summed E-state index contributed by atoms with van der Waals surface area (Å²) in [4.78, 5) is 44.1. The average Bonchev–Trinajstić information content (AvgIpc) is 3.52. The summed E-state index contributed by atoms with van der Waals surface area (Å²) < 4.78 is 6.01. The number of piperazine rings is 1. The summed E-state index contributed by atoms with van der Waals surface area (Å²) in [7, 11) is 1.66. The highest BCUT2D eigenvalue weighted by Gasteiger charge is 2.52. The molecule has 3 heterocycles. The van der Waals surface area contributed by atoms with Crippen LogP contribution in [0.5, 0.6) is 5.75 Å². The Morgan fingerprint density at radius 3 is 2.48 bits per heavy atom. The van der Waals surface area contributed by atoms with Crippen LogP contribution in [0.25, 0.3) is 0 Å². The van der Waals surface area contributed by atoms with Gasteiger partial charge in [-0.15, -0.1) is 0 Å². The molecule has 0 bridgehead atoms. The van der Waals surface area contributed by atoms with Crippen molar-refractivity contribution in [3.63, 3.8) is 0 Å². The number of urea groups is 1. The quantitative estimate of drug-likeness (QED) is 0.519. The van der Waals surface area contributed by atoms with Gasteiger partial charge in [0, 0.05) is 37.2 Å². The number of carbonyl (C=O) groups excluding carboxylic acids is 3. The van der Waals surface area contributed by atoms with Crippen LogP contribution in [-0.2, 0) is 22.7 Å². The molecule has 9 nitrogen and oxygen atoms in total. The number of rotatable bonds is 6. The van der Waals surface area contributed by atoms with Crippen LogP contribution in [-0.4, -0.2) is 70.6 Å². The molecule has 0 saturated carbocycles. The Morgan fingerprint density at radius 1 is 1.00 bits per heavy atom. The van der Waals surface area contributed by atoms with Crippen molar-refractivity contribution in [2.24, 2.45) is 0 Å². The number of amides is 4. The maximum absolute atomic E-state index is 14.0. The number of fused-ring (bicyclic) bond motifs is 2. The number of nitrogens with zero attached hydrogens (tertiary/aromatic N) is 4. The van der Waals surface area contributed by atoms with Gasteiger partial charge in [-0.2, -0.15) is 5.01 Å². The zero-order chi connectivity index (χ0) is 27.8. The Hall–Kier alpha value is -4.37. The van der Waals surface area contributed by atoms with Crippen molar-refractivity contribution in [3.8, 4) is 5.75 Å². The standard InChI is InChI=1S/C31H33N5O4/c1-21-20-40-29-24(14-9-15-25(21)29)17-34-18-26-35(33(2)31(39)32-16-22-10-5-3-6-11-22)19-27(37)36(26)28(30(34)38)23-12-7-4-8-13-23/h3-15,21,26,28H,16-20H2,1-2H3,(H,32,39)/t21?,26-,28?/m1/s1. The summed E-state index contributed by atoms with van der Waals surface area (Å²) in [6.45, 7) is 3.75. The first-order chi connectivity index (χ1) is 19.4. The SMILES string of the molecule is CC1COc2c(CN3C[C@H]4N(C(=O)CN4N(C)C(=O)NCc4ccccc4)C(c4ccccc4)C3=O)cccc21. The van der Waals surface area contributed by atoms with Crippen molar-refractivity contribution < 1.29 is 19.1 Å². The van der Waals surface area contributed by atoms with E-state index in [0.29, 0.717) is 25.6 Å². The highest BCUT2D eigenvalue weighted by molar-refractivity contribution is 5.92. The van der Waals surface area contributed by atoms with E-state index in [4.69, 9.17) is 4.74 Å². The second kappa shape index (κ2) is 10.7. The number of nitrogens with one attached hydrogen (secondary N) is 1. The molecule has 2 fully saturated rings. The molecule has 1 N–H and O–H groups in total. The lowest BCUT2D eigenvalue weighted by atomic mass is 9.98. The van der Waals surface area contributed by atoms with Gasteiger partial charge >= 0.3 is 6.03 Å². The fraction of sp³-hybridized carbons (Fsp3) is 0.323. The third-order valence-corrected chi connectivity index (χ3v) is 8.04. The number of hydrogen-bond acceptors (Lipinski definition) is 5. The van der Waals surface area contributed by atoms with Gasteiger partial charge in [0.15, 0.2) is 0 Å². The predicted octanol–water partition coefficient (Wildman–Crippen LogP) is 3.49. The third-order valence-electron chi connectivity index (χ3n) is 8.04. The summed E-state index contributed by atoms with van der Waals surface area (Å²) >= 11 is 0. The molecule has 4 amide bonds. The van der Waals surface area contributed by atoms with E-state index in [2.05, 4.69) is 18.3 Å². The van der Waals surface area contributed by atoms with E-state index in [1.54, 1.807) is 21.9 Å². The molecular formula is C31H33N5O4. The first-order valence-corrected chi connectivity index (χ1v) is 13.6. The molecule has 9 heteroatoms. The first kappa shape index (κ1) is 25.9. The third kappa shape index (κ3) is 4.66. The molecule has 3 aliphatic heterocycles. The van der Waals surface area contributed by atoms with Crippen LogP contribution in [0.3, 0.4) is 0 Å². The van der Waals surface area contributed by atoms with Crippen molar-refractivity contribution in [1.29, 1.82) is 0 Å². The fourth-order valence-electron chi connectivity index (χ4n) is 5.90. The lowest BCUT2D eigenvalue weighted by molar-refractivity contribution is -0.157. The molecule has 3 aromatic carbocycles. The van der Waals surface area contributed by atoms with Crippen molar-refractivity contribution >= 4 is 17.8 Å². The molecule has 6 rings (SSSR count). The largest absolute Gasteiger partial charge is 0.492 e. The van der Waals surface area contributed by atoms with Gasteiger partial charge in [-0.25, -0.2) is 4.79 Å². The molecule has 0 aliphatic carbocycles. The normalized spacial score (nSPS) is 22.1. The van der Waals surface area contributed by atoms with Crippen LogP contribution in [0, 0.1) is 0 Å². The molecule has 3 atom stereocenters. The second-order valence-electron chi connectivity index (χ2n) is 10.6. The second-order valence-corrected chi connectivity index (χ2v) is 10.6. The first-order valence-electron chi connectivity index (χ1n) is 13.6. The summed E-state index contributed by atoms with van der Waals surface area (Å²) in [5, 5.41) is 6.16. The zero-order valence-corrected chi connectivity index (χ0v) is 22.7. The van der Waals surface area contributed by atoms with Gasteiger partial charge in [0.2, 0.25) is 5.91 Å². The van der Waals surface area contributed by atoms with Crippen LogP contribution in [0.4, 0.5) is 4.79 Å². The van der Waals surface area contributed by atoms with Gasteiger partial charge < -0.3 is 19.9 Å². The number of carbonyl (C=O) groups is 3. The zero-order valence-electron chi connectivity index (χ0n) is 22.7. The number of hydrogen-bond donors (Lipinski definition) is 1. The van der Waals surface area contributed by atoms with E-state index in [1.807, 2.05) is 72.8 Å². The highest BCUT2D eigenvalue weighted by Crippen LogP contribution is 2.40. The van der Waals surface area contributed by atoms with Gasteiger partial charge in [-0.1, -0.05) is 85.8 Å². The lowest BCUT2D eigenvalue weighted by Gasteiger charge is -2.45. The molecular weight excluding hydrogens is 506 g/mol. The maximum Gasteiger partial charge on any atom is 0.332 e. The molecule has 0 aromatic heterocycles. The minimum Gasteiger partial charge on any atom is -0.492 e. The van der Waals surface area contributed by atoms with Gasteiger partial charge in [0.25, 0.3) is 5.91 Å². The lowest BCUT2D eigenvalue weighted by Crippen LogP contribution is -2.62. The van der Waals surface area contributed by atoms with E-state index in [0.717, 1.165) is 28.0 Å². The van der Waals surface area contributed by atoms with Gasteiger partial charge in [0.05, 0.1) is 19.7 Å². The molecule has 2 unspecified atom stereocenters. The molecule has 0 radical (unpaired) electrons. The van der Waals surface area contributed by atoms with Crippen LogP contribution in [0.1, 0.15) is 41.1 Å². The summed E-state index contributed by atoms with van der Waals surface area (Å²) in [6.07, 6.45) is -0.500. The Morgan fingerprint density at radius 2 is 1.73 bits per heavy atom. The molecule has 3 aliphatic rings.